The number of H-pyrrole nitrogens is 1. The van der Waals surface area contributed by atoms with Crippen molar-refractivity contribution in [2.24, 2.45) is 0 Å². The Balaban J connectivity index is 1.94. The van der Waals surface area contributed by atoms with Crippen LogP contribution in [0.4, 0.5) is 0 Å². The van der Waals surface area contributed by atoms with Gasteiger partial charge in [-0.3, -0.25) is 14.3 Å². The highest BCUT2D eigenvalue weighted by atomic mass is 35.5. The first kappa shape index (κ1) is 16.6. The van der Waals surface area contributed by atoms with E-state index >= 15 is 0 Å². The number of hydrogen-bond donors (Lipinski definition) is 1. The molecule has 0 fully saturated rings. The topological polar surface area (TPSA) is 72.2 Å². The van der Waals surface area contributed by atoms with Crippen LogP contribution in [0.25, 0.3) is 16.9 Å². The molecule has 1 N–H and O–H groups in total. The van der Waals surface area contributed by atoms with Crippen molar-refractivity contribution in [2.45, 2.75) is 6.54 Å². The molecule has 0 saturated carbocycles. The molecule has 0 unspecified atom stereocenters. The summed E-state index contributed by atoms with van der Waals surface area (Å²) in [6.07, 6.45) is 1.86. The Hall–Kier alpha value is -2.83. The van der Waals surface area contributed by atoms with E-state index in [1.807, 2.05) is 40.9 Å². The van der Waals surface area contributed by atoms with Crippen molar-refractivity contribution in [1.29, 1.82) is 0 Å². The van der Waals surface area contributed by atoms with Gasteiger partial charge in [-0.25, -0.2) is 9.78 Å². The van der Waals surface area contributed by atoms with E-state index in [9.17, 15) is 9.59 Å². The fourth-order valence-electron chi connectivity index (χ4n) is 2.83. The Morgan fingerprint density at radius 3 is 2.54 bits per heavy atom. The van der Waals surface area contributed by atoms with Gasteiger partial charge in [0.05, 0.1) is 17.9 Å². The number of aromatic amines is 1. The van der Waals surface area contributed by atoms with E-state index in [2.05, 4.69) is 9.97 Å². The highest BCUT2D eigenvalue weighted by Crippen LogP contribution is 2.26. The molecule has 4 rings (SSSR count). The number of fused-ring (bicyclic) bond motifs is 1. The summed E-state index contributed by atoms with van der Waals surface area (Å²) < 4.78 is 3.18. The van der Waals surface area contributed by atoms with Crippen molar-refractivity contribution in [3.05, 3.63) is 91.4 Å². The fourth-order valence-corrected chi connectivity index (χ4v) is 3.19. The molecular formula is C18H12Cl2N4O2. The second-order valence-corrected chi connectivity index (χ2v) is 6.51. The summed E-state index contributed by atoms with van der Waals surface area (Å²) in [5.41, 5.74) is 1.96. The Bertz CT molecular complexity index is 1220. The highest BCUT2D eigenvalue weighted by Gasteiger charge is 2.16. The van der Waals surface area contributed by atoms with E-state index in [-0.39, 0.29) is 11.7 Å². The van der Waals surface area contributed by atoms with Gasteiger partial charge in [0.2, 0.25) is 0 Å². The summed E-state index contributed by atoms with van der Waals surface area (Å²) in [6.45, 7) is 0.150. The maximum atomic E-state index is 12.2. The van der Waals surface area contributed by atoms with Crippen LogP contribution in [0.3, 0.4) is 0 Å². The minimum atomic E-state index is -0.574. The number of pyridine rings is 1. The lowest BCUT2D eigenvalue weighted by molar-refractivity contribution is 0.702. The first-order valence-corrected chi connectivity index (χ1v) is 8.50. The van der Waals surface area contributed by atoms with Gasteiger partial charge in [0.15, 0.2) is 0 Å². The number of halogens is 2. The predicted octanol–water partition coefficient (Wildman–Crippen LogP) is 3.21. The van der Waals surface area contributed by atoms with Gasteiger partial charge in [-0.15, -0.1) is 0 Å². The quantitative estimate of drug-likeness (QED) is 0.549. The van der Waals surface area contributed by atoms with E-state index in [1.54, 1.807) is 12.1 Å². The number of nitrogens with zero attached hydrogens (tertiary/aromatic N) is 3. The van der Waals surface area contributed by atoms with Crippen LogP contribution in [0, 0.1) is 0 Å². The highest BCUT2D eigenvalue weighted by molar-refractivity contribution is 6.30. The third kappa shape index (κ3) is 2.94. The predicted molar refractivity (Wildman–Crippen MR) is 101 cm³/mol. The number of benzene rings is 1. The molecule has 0 bridgehead atoms. The number of hydrogen-bond acceptors (Lipinski definition) is 3. The first-order chi connectivity index (χ1) is 12.5. The lowest BCUT2D eigenvalue weighted by Crippen LogP contribution is -2.30. The molecule has 26 heavy (non-hydrogen) atoms. The van der Waals surface area contributed by atoms with Crippen LogP contribution >= 0.6 is 23.2 Å². The third-order valence-electron chi connectivity index (χ3n) is 4.04. The summed E-state index contributed by atoms with van der Waals surface area (Å²) in [5, 5.41) is 0.686. The summed E-state index contributed by atoms with van der Waals surface area (Å²) in [7, 11) is 0. The summed E-state index contributed by atoms with van der Waals surface area (Å²) in [5.74, 6) is 0. The standard InChI is InChI=1S/C18H12Cl2N4O2/c19-12-6-4-11(5-7-12)17-13(23-8-2-1-3-15(23)21-17)10-24-14(20)9-16(25)22-18(24)26/h1-9H,10H2,(H,22,25,26). The molecule has 6 nitrogen and oxygen atoms in total. The van der Waals surface area contributed by atoms with Crippen LogP contribution in [-0.4, -0.2) is 18.9 Å². The van der Waals surface area contributed by atoms with Crippen LogP contribution in [0.1, 0.15) is 5.69 Å². The number of aromatic nitrogens is 4. The van der Waals surface area contributed by atoms with Gasteiger partial charge in [0, 0.05) is 22.8 Å². The SMILES string of the molecule is O=c1cc(Cl)n(Cc2c(-c3ccc(Cl)cc3)nc3ccccn23)c(=O)[nH]1. The summed E-state index contributed by atoms with van der Waals surface area (Å²) in [4.78, 5) is 30.5. The van der Waals surface area contributed by atoms with Crippen LogP contribution < -0.4 is 11.2 Å². The number of rotatable bonds is 3. The number of nitrogens with one attached hydrogen (secondary N) is 1. The smallest absolute Gasteiger partial charge is 0.302 e. The van der Waals surface area contributed by atoms with Gasteiger partial charge in [0.25, 0.3) is 5.56 Å². The molecule has 130 valence electrons. The Morgan fingerprint density at radius 1 is 1.04 bits per heavy atom. The van der Waals surface area contributed by atoms with Gasteiger partial charge in [-0.1, -0.05) is 41.4 Å². The van der Waals surface area contributed by atoms with E-state index in [1.165, 1.54) is 10.6 Å². The largest absolute Gasteiger partial charge is 0.329 e. The molecule has 8 heteroatoms. The maximum Gasteiger partial charge on any atom is 0.329 e. The molecule has 0 aliphatic rings. The zero-order valence-corrected chi connectivity index (χ0v) is 14.8. The minimum Gasteiger partial charge on any atom is -0.302 e. The Morgan fingerprint density at radius 2 is 1.81 bits per heavy atom. The average Bonchev–Trinajstić information content (AvgIpc) is 2.97. The summed E-state index contributed by atoms with van der Waals surface area (Å²) >= 11 is 12.1. The zero-order chi connectivity index (χ0) is 18.3. The van der Waals surface area contributed by atoms with Crippen molar-refractivity contribution in [2.75, 3.05) is 0 Å². The van der Waals surface area contributed by atoms with Crippen molar-refractivity contribution in [1.82, 2.24) is 18.9 Å². The normalized spacial score (nSPS) is 11.2. The van der Waals surface area contributed by atoms with Crippen molar-refractivity contribution in [3.8, 4) is 11.3 Å². The Kier molecular flexibility index (Phi) is 4.14. The summed E-state index contributed by atoms with van der Waals surface area (Å²) in [6, 6.07) is 14.1. The number of imidazole rings is 1. The average molecular weight is 387 g/mol. The Labute approximate surface area is 157 Å². The van der Waals surface area contributed by atoms with Gasteiger partial charge < -0.3 is 4.40 Å². The lowest BCUT2D eigenvalue weighted by atomic mass is 10.1. The van der Waals surface area contributed by atoms with Gasteiger partial charge in [0.1, 0.15) is 10.8 Å². The minimum absolute atomic E-state index is 0.0617. The first-order valence-electron chi connectivity index (χ1n) is 7.74. The molecule has 0 saturated heterocycles. The van der Waals surface area contributed by atoms with E-state index in [0.717, 1.165) is 16.9 Å². The van der Waals surface area contributed by atoms with Crippen LogP contribution in [0.5, 0.6) is 0 Å². The van der Waals surface area contributed by atoms with Gasteiger partial charge in [-0.05, 0) is 24.3 Å². The maximum absolute atomic E-state index is 12.2. The molecular weight excluding hydrogens is 375 g/mol. The third-order valence-corrected chi connectivity index (χ3v) is 4.60. The molecule has 3 heterocycles. The van der Waals surface area contributed by atoms with Crippen molar-refractivity contribution >= 4 is 28.8 Å². The van der Waals surface area contributed by atoms with Crippen LogP contribution in [-0.2, 0) is 6.54 Å². The molecule has 0 atom stereocenters. The van der Waals surface area contributed by atoms with Crippen LogP contribution in [0.2, 0.25) is 10.2 Å². The van der Waals surface area contributed by atoms with E-state index in [0.29, 0.717) is 10.7 Å². The monoisotopic (exact) mass is 386 g/mol. The molecule has 0 radical (unpaired) electrons. The molecule has 4 aromatic rings. The lowest BCUT2D eigenvalue weighted by Gasteiger charge is -2.09. The van der Waals surface area contributed by atoms with Crippen LogP contribution in [0.15, 0.2) is 64.3 Å². The molecule has 0 amide bonds. The molecule has 0 aliphatic carbocycles. The van der Waals surface area contributed by atoms with E-state index in [4.69, 9.17) is 23.2 Å². The molecule has 1 aromatic carbocycles. The van der Waals surface area contributed by atoms with Crippen molar-refractivity contribution in [3.63, 3.8) is 0 Å². The second-order valence-electron chi connectivity index (χ2n) is 5.69. The molecule has 0 spiro atoms. The fraction of sp³-hybridized carbons (Fsp3) is 0.0556. The van der Waals surface area contributed by atoms with Gasteiger partial charge in [-0.2, -0.15) is 0 Å². The molecule has 0 aliphatic heterocycles. The zero-order valence-electron chi connectivity index (χ0n) is 13.3. The van der Waals surface area contributed by atoms with Crippen molar-refractivity contribution < 1.29 is 0 Å². The second kappa shape index (κ2) is 6.48. The van der Waals surface area contributed by atoms with Gasteiger partial charge >= 0.3 is 5.69 Å². The van der Waals surface area contributed by atoms with E-state index < -0.39 is 11.2 Å². The molecule has 3 aromatic heterocycles.